The van der Waals surface area contributed by atoms with Gasteiger partial charge in [0.05, 0.1) is 13.0 Å². The van der Waals surface area contributed by atoms with Crippen LogP contribution in [0.4, 0.5) is 0 Å². The van der Waals surface area contributed by atoms with Gasteiger partial charge in [0.1, 0.15) is 0 Å². The lowest BCUT2D eigenvalue weighted by Gasteiger charge is -2.34. The fourth-order valence-electron chi connectivity index (χ4n) is 3.89. The van der Waals surface area contributed by atoms with E-state index in [2.05, 4.69) is 5.32 Å². The standard InChI is InChI=1S/C25H25N3O3/c29-23(17-21-11-6-10-19-7-4-5-12-22(19)21)26-18-24(30)27-13-15-28(16-14-27)25(31)20-8-2-1-3-9-20/h1-12H,13-18H2,(H,26,29). The number of carbonyl (C=O) groups is 3. The zero-order valence-corrected chi connectivity index (χ0v) is 17.3. The highest BCUT2D eigenvalue weighted by Crippen LogP contribution is 2.18. The van der Waals surface area contributed by atoms with Gasteiger partial charge in [0.15, 0.2) is 0 Å². The molecular weight excluding hydrogens is 390 g/mol. The van der Waals surface area contributed by atoms with E-state index < -0.39 is 0 Å². The second kappa shape index (κ2) is 9.43. The Hall–Kier alpha value is -3.67. The summed E-state index contributed by atoms with van der Waals surface area (Å²) in [7, 11) is 0. The van der Waals surface area contributed by atoms with Crippen LogP contribution in [0.2, 0.25) is 0 Å². The lowest BCUT2D eigenvalue weighted by atomic mass is 10.0. The van der Waals surface area contributed by atoms with Crippen molar-refractivity contribution in [3.8, 4) is 0 Å². The lowest BCUT2D eigenvalue weighted by Crippen LogP contribution is -2.52. The van der Waals surface area contributed by atoms with Crippen molar-refractivity contribution in [3.05, 3.63) is 83.9 Å². The van der Waals surface area contributed by atoms with Crippen LogP contribution in [-0.4, -0.2) is 60.2 Å². The van der Waals surface area contributed by atoms with Crippen LogP contribution in [-0.2, 0) is 16.0 Å². The minimum Gasteiger partial charge on any atom is -0.347 e. The zero-order chi connectivity index (χ0) is 21.6. The van der Waals surface area contributed by atoms with Crippen molar-refractivity contribution < 1.29 is 14.4 Å². The smallest absolute Gasteiger partial charge is 0.253 e. The van der Waals surface area contributed by atoms with Crippen LogP contribution in [0.15, 0.2) is 72.8 Å². The summed E-state index contributed by atoms with van der Waals surface area (Å²) in [6.07, 6.45) is 0.230. The van der Waals surface area contributed by atoms with Crippen LogP contribution in [0.1, 0.15) is 15.9 Å². The Labute approximate surface area is 181 Å². The first-order chi connectivity index (χ1) is 15.1. The molecule has 1 N–H and O–H groups in total. The van der Waals surface area contributed by atoms with Crippen LogP contribution >= 0.6 is 0 Å². The number of hydrogen-bond acceptors (Lipinski definition) is 3. The van der Waals surface area contributed by atoms with Gasteiger partial charge in [0.2, 0.25) is 11.8 Å². The monoisotopic (exact) mass is 415 g/mol. The molecule has 0 radical (unpaired) electrons. The van der Waals surface area contributed by atoms with Crippen molar-refractivity contribution in [1.82, 2.24) is 15.1 Å². The summed E-state index contributed by atoms with van der Waals surface area (Å²) in [5, 5.41) is 4.88. The van der Waals surface area contributed by atoms with E-state index in [9.17, 15) is 14.4 Å². The lowest BCUT2D eigenvalue weighted by molar-refractivity contribution is -0.133. The highest BCUT2D eigenvalue weighted by atomic mass is 16.2. The molecule has 0 spiro atoms. The number of amides is 3. The minimum atomic E-state index is -0.178. The summed E-state index contributed by atoms with van der Waals surface area (Å²) in [5.41, 5.74) is 1.60. The average Bonchev–Trinajstić information content (AvgIpc) is 2.83. The second-order valence-corrected chi connectivity index (χ2v) is 7.63. The minimum absolute atomic E-state index is 0.0175. The molecular formula is C25H25N3O3. The predicted molar refractivity (Wildman–Crippen MR) is 120 cm³/mol. The molecule has 0 bridgehead atoms. The third-order valence-electron chi connectivity index (χ3n) is 5.61. The molecule has 4 rings (SSSR count). The maximum Gasteiger partial charge on any atom is 0.253 e. The largest absolute Gasteiger partial charge is 0.347 e. The molecule has 0 aromatic heterocycles. The van der Waals surface area contributed by atoms with Gasteiger partial charge in [-0.1, -0.05) is 60.7 Å². The molecule has 158 valence electrons. The molecule has 1 aliphatic heterocycles. The van der Waals surface area contributed by atoms with Crippen molar-refractivity contribution in [1.29, 1.82) is 0 Å². The Kier molecular flexibility index (Phi) is 6.26. The topological polar surface area (TPSA) is 69.7 Å². The van der Waals surface area contributed by atoms with Gasteiger partial charge >= 0.3 is 0 Å². The van der Waals surface area contributed by atoms with E-state index >= 15 is 0 Å². The molecule has 6 heteroatoms. The zero-order valence-electron chi connectivity index (χ0n) is 17.3. The number of carbonyl (C=O) groups excluding carboxylic acids is 3. The van der Waals surface area contributed by atoms with Crippen LogP contribution < -0.4 is 5.32 Å². The first-order valence-corrected chi connectivity index (χ1v) is 10.5. The van der Waals surface area contributed by atoms with Crippen LogP contribution in [0.3, 0.4) is 0 Å². The first-order valence-electron chi connectivity index (χ1n) is 10.5. The number of nitrogens with one attached hydrogen (secondary N) is 1. The van der Waals surface area contributed by atoms with E-state index in [1.807, 2.05) is 60.7 Å². The second-order valence-electron chi connectivity index (χ2n) is 7.63. The van der Waals surface area contributed by atoms with Gasteiger partial charge in [-0.2, -0.15) is 0 Å². The van der Waals surface area contributed by atoms with Crippen LogP contribution in [0.5, 0.6) is 0 Å². The molecule has 3 amide bonds. The van der Waals surface area contributed by atoms with Gasteiger partial charge in [-0.3, -0.25) is 14.4 Å². The van der Waals surface area contributed by atoms with Crippen molar-refractivity contribution >= 4 is 28.5 Å². The number of benzene rings is 3. The number of piperazine rings is 1. The maximum atomic E-state index is 12.5. The van der Waals surface area contributed by atoms with Crippen molar-refractivity contribution in [2.24, 2.45) is 0 Å². The van der Waals surface area contributed by atoms with E-state index in [0.717, 1.165) is 16.3 Å². The van der Waals surface area contributed by atoms with Crippen LogP contribution in [0.25, 0.3) is 10.8 Å². The molecule has 0 aliphatic carbocycles. The Morgan fingerprint density at radius 3 is 2.16 bits per heavy atom. The van der Waals surface area contributed by atoms with Gasteiger partial charge in [0.25, 0.3) is 5.91 Å². The van der Waals surface area contributed by atoms with Crippen molar-refractivity contribution in [2.75, 3.05) is 32.7 Å². The van der Waals surface area contributed by atoms with Gasteiger partial charge in [-0.05, 0) is 28.5 Å². The number of fused-ring (bicyclic) bond motifs is 1. The van der Waals surface area contributed by atoms with Gasteiger partial charge in [-0.15, -0.1) is 0 Å². The number of rotatable bonds is 5. The molecule has 3 aromatic carbocycles. The fourth-order valence-corrected chi connectivity index (χ4v) is 3.89. The third kappa shape index (κ3) is 4.91. The molecule has 31 heavy (non-hydrogen) atoms. The third-order valence-corrected chi connectivity index (χ3v) is 5.61. The average molecular weight is 415 g/mol. The van der Waals surface area contributed by atoms with Crippen LogP contribution in [0, 0.1) is 0 Å². The molecule has 6 nitrogen and oxygen atoms in total. The van der Waals surface area contributed by atoms with Crippen molar-refractivity contribution in [2.45, 2.75) is 6.42 Å². The predicted octanol–water partition coefficient (Wildman–Crippen LogP) is 2.48. The Morgan fingerprint density at radius 1 is 0.742 bits per heavy atom. The Bertz CT molecular complexity index is 1080. The van der Waals surface area contributed by atoms with E-state index in [-0.39, 0.29) is 30.7 Å². The summed E-state index contributed by atoms with van der Waals surface area (Å²) in [6, 6.07) is 23.0. The summed E-state index contributed by atoms with van der Waals surface area (Å²) in [6.45, 7) is 1.89. The highest BCUT2D eigenvalue weighted by molar-refractivity contribution is 5.94. The summed E-state index contributed by atoms with van der Waals surface area (Å²) < 4.78 is 0. The normalized spacial score (nSPS) is 13.8. The van der Waals surface area contributed by atoms with E-state index in [4.69, 9.17) is 0 Å². The number of hydrogen-bond donors (Lipinski definition) is 1. The molecule has 0 atom stereocenters. The summed E-state index contributed by atoms with van der Waals surface area (Å²) in [4.78, 5) is 40.9. The Morgan fingerprint density at radius 2 is 1.39 bits per heavy atom. The molecule has 3 aromatic rings. The van der Waals surface area contributed by atoms with Crippen molar-refractivity contribution in [3.63, 3.8) is 0 Å². The molecule has 0 unspecified atom stereocenters. The summed E-state index contributed by atoms with van der Waals surface area (Å²) in [5.74, 6) is -0.322. The van der Waals surface area contributed by atoms with Gasteiger partial charge < -0.3 is 15.1 Å². The number of nitrogens with zero attached hydrogens (tertiary/aromatic N) is 2. The molecule has 1 saturated heterocycles. The quantitative estimate of drug-likeness (QED) is 0.696. The van der Waals surface area contributed by atoms with E-state index in [0.29, 0.717) is 31.7 Å². The molecule has 1 heterocycles. The molecule has 1 fully saturated rings. The fraction of sp³-hybridized carbons (Fsp3) is 0.240. The SMILES string of the molecule is O=C(Cc1cccc2ccccc12)NCC(=O)N1CCN(C(=O)c2ccccc2)CC1. The van der Waals surface area contributed by atoms with E-state index in [1.165, 1.54) is 0 Å². The van der Waals surface area contributed by atoms with E-state index in [1.54, 1.807) is 21.9 Å². The Balaban J connectivity index is 1.26. The van der Waals surface area contributed by atoms with Gasteiger partial charge in [-0.25, -0.2) is 0 Å². The highest BCUT2D eigenvalue weighted by Gasteiger charge is 2.24. The first kappa shape index (κ1) is 20.6. The molecule has 0 saturated carbocycles. The molecule has 1 aliphatic rings. The van der Waals surface area contributed by atoms with Gasteiger partial charge in [0, 0.05) is 31.7 Å². The summed E-state index contributed by atoms with van der Waals surface area (Å²) >= 11 is 0. The maximum absolute atomic E-state index is 12.5.